The quantitative estimate of drug-likeness (QED) is 0.352. The summed E-state index contributed by atoms with van der Waals surface area (Å²) in [5.74, 6) is -2.69. The second-order valence-electron chi connectivity index (χ2n) is 8.94. The fourth-order valence-electron chi connectivity index (χ4n) is 4.41. The first-order chi connectivity index (χ1) is 17.8. The van der Waals surface area contributed by atoms with Crippen LogP contribution in [0.3, 0.4) is 0 Å². The molecule has 1 aliphatic rings. The number of hydrogen-bond donors (Lipinski definition) is 2. The van der Waals surface area contributed by atoms with Crippen molar-refractivity contribution in [1.29, 1.82) is 0 Å². The van der Waals surface area contributed by atoms with Crippen LogP contribution in [-0.4, -0.2) is 54.6 Å². The maximum atomic E-state index is 13.7. The summed E-state index contributed by atoms with van der Waals surface area (Å²) in [6, 6.07) is 16.2. The third kappa shape index (κ3) is 4.18. The summed E-state index contributed by atoms with van der Waals surface area (Å²) in [6.45, 7) is -1.12. The fraction of sp³-hybridized carbons (Fsp3) is 0.154. The van der Waals surface area contributed by atoms with Crippen molar-refractivity contribution in [2.45, 2.75) is 5.92 Å². The molecule has 1 aliphatic heterocycles. The molecular formula is C26H20F3N7O. The summed E-state index contributed by atoms with van der Waals surface area (Å²) < 4.78 is 41.9. The molecule has 0 radical (unpaired) electrons. The summed E-state index contributed by atoms with van der Waals surface area (Å²) in [5, 5.41) is 10.0. The van der Waals surface area contributed by atoms with Gasteiger partial charge >= 0.3 is 0 Å². The van der Waals surface area contributed by atoms with Crippen molar-refractivity contribution in [3.8, 4) is 22.5 Å². The number of aromatic nitrogens is 5. The van der Waals surface area contributed by atoms with Crippen LogP contribution in [0.4, 0.5) is 24.7 Å². The van der Waals surface area contributed by atoms with E-state index in [2.05, 4.69) is 25.5 Å². The van der Waals surface area contributed by atoms with Gasteiger partial charge in [-0.15, -0.1) is 0 Å². The summed E-state index contributed by atoms with van der Waals surface area (Å²) in [4.78, 5) is 22.8. The molecule has 5 aromatic rings. The normalized spacial score (nSPS) is 14.5. The number of amides is 1. The fourth-order valence-corrected chi connectivity index (χ4v) is 4.41. The number of carbonyl (C=O) groups excluding carboxylic acids is 1. The van der Waals surface area contributed by atoms with Gasteiger partial charge in [0, 0.05) is 35.4 Å². The standard InChI is InChI=1S/C26H20F3N7O/c1-35-20-11-17(3-2-16(20)10-21(35)25(37)36-13-26(28,29)14-36)24-30-9-8-22(33-24)32-18-6-4-15(5-7-18)19-12-31-34-23(19)27/h2-12H,13-14H2,1H3,(H,31,34)(H,30,32,33). The smallest absolute Gasteiger partial charge is 0.282 e. The number of aryl methyl sites for hydroxylation is 1. The Bertz CT molecular complexity index is 1630. The van der Waals surface area contributed by atoms with Gasteiger partial charge in [0.05, 0.1) is 24.8 Å². The van der Waals surface area contributed by atoms with E-state index in [0.717, 1.165) is 27.1 Å². The van der Waals surface area contributed by atoms with Crippen LogP contribution >= 0.6 is 0 Å². The maximum Gasteiger partial charge on any atom is 0.282 e. The maximum absolute atomic E-state index is 13.7. The summed E-state index contributed by atoms with van der Waals surface area (Å²) in [5.41, 5.74) is 3.68. The zero-order chi connectivity index (χ0) is 25.7. The lowest BCUT2D eigenvalue weighted by atomic mass is 10.1. The highest BCUT2D eigenvalue weighted by Crippen LogP contribution is 2.31. The molecule has 2 aromatic carbocycles. The lowest BCUT2D eigenvalue weighted by Crippen LogP contribution is -2.58. The number of alkyl halides is 2. The van der Waals surface area contributed by atoms with Crippen LogP contribution in [0.1, 0.15) is 10.5 Å². The first-order valence-electron chi connectivity index (χ1n) is 11.4. The number of rotatable bonds is 5. The van der Waals surface area contributed by atoms with Crippen molar-refractivity contribution in [3.05, 3.63) is 78.6 Å². The van der Waals surface area contributed by atoms with E-state index in [4.69, 9.17) is 0 Å². The van der Waals surface area contributed by atoms with E-state index >= 15 is 0 Å². The monoisotopic (exact) mass is 503 g/mol. The van der Waals surface area contributed by atoms with Crippen molar-refractivity contribution < 1.29 is 18.0 Å². The van der Waals surface area contributed by atoms with E-state index in [0.29, 0.717) is 28.5 Å². The van der Waals surface area contributed by atoms with Gasteiger partial charge in [-0.05, 0) is 35.9 Å². The number of aromatic amines is 1. The molecule has 0 bridgehead atoms. The second kappa shape index (κ2) is 8.47. The van der Waals surface area contributed by atoms with Gasteiger partial charge in [0.25, 0.3) is 11.8 Å². The number of carbonyl (C=O) groups is 1. The van der Waals surface area contributed by atoms with Crippen LogP contribution < -0.4 is 5.32 Å². The molecule has 2 N–H and O–H groups in total. The molecule has 11 heteroatoms. The van der Waals surface area contributed by atoms with Crippen LogP contribution in [-0.2, 0) is 7.05 Å². The first-order valence-corrected chi connectivity index (χ1v) is 11.4. The van der Waals surface area contributed by atoms with Crippen LogP contribution in [0.5, 0.6) is 0 Å². The van der Waals surface area contributed by atoms with E-state index in [9.17, 15) is 18.0 Å². The highest BCUT2D eigenvalue weighted by atomic mass is 19.3. The predicted molar refractivity (Wildman–Crippen MR) is 132 cm³/mol. The van der Waals surface area contributed by atoms with Crippen LogP contribution in [0.2, 0.25) is 0 Å². The number of H-pyrrole nitrogens is 1. The third-order valence-electron chi connectivity index (χ3n) is 6.37. The Morgan fingerprint density at radius 1 is 1.05 bits per heavy atom. The van der Waals surface area contributed by atoms with Gasteiger partial charge in [0.1, 0.15) is 11.5 Å². The minimum Gasteiger partial charge on any atom is -0.340 e. The Kier molecular flexibility index (Phi) is 5.21. The third-order valence-corrected chi connectivity index (χ3v) is 6.37. The Morgan fingerprint density at radius 2 is 1.81 bits per heavy atom. The summed E-state index contributed by atoms with van der Waals surface area (Å²) >= 11 is 0. The van der Waals surface area contributed by atoms with Gasteiger partial charge < -0.3 is 14.8 Å². The molecule has 0 spiro atoms. The number of hydrogen-bond acceptors (Lipinski definition) is 5. The molecule has 3 aromatic heterocycles. The molecular weight excluding hydrogens is 483 g/mol. The molecule has 0 aliphatic carbocycles. The Labute approximate surface area is 208 Å². The number of nitrogens with one attached hydrogen (secondary N) is 2. The van der Waals surface area contributed by atoms with Gasteiger partial charge in [-0.3, -0.25) is 9.89 Å². The zero-order valence-electron chi connectivity index (χ0n) is 19.5. The molecule has 8 nitrogen and oxygen atoms in total. The number of benzene rings is 2. The lowest BCUT2D eigenvalue weighted by Gasteiger charge is -2.38. The molecule has 0 saturated carbocycles. The number of likely N-dealkylation sites (tertiary alicyclic amines) is 1. The number of halogens is 3. The Morgan fingerprint density at radius 3 is 2.51 bits per heavy atom. The van der Waals surface area contributed by atoms with E-state index in [1.54, 1.807) is 42.1 Å². The number of nitrogens with zero attached hydrogens (tertiary/aromatic N) is 5. The second-order valence-corrected chi connectivity index (χ2v) is 8.94. The average molecular weight is 503 g/mol. The van der Waals surface area contributed by atoms with Gasteiger partial charge in [-0.1, -0.05) is 24.3 Å². The SMILES string of the molecule is Cn1c(C(=O)N2CC(F)(F)C2)cc2ccc(-c3nccc(Nc4ccc(-c5cn[nH]c5F)cc4)n3)cc21. The molecule has 186 valence electrons. The molecule has 6 rings (SSSR count). The van der Waals surface area contributed by atoms with E-state index in [-0.39, 0.29) is 0 Å². The number of fused-ring (bicyclic) bond motifs is 1. The average Bonchev–Trinajstić information content (AvgIpc) is 3.45. The lowest BCUT2D eigenvalue weighted by molar-refractivity contribution is -0.113. The molecule has 1 saturated heterocycles. The highest BCUT2D eigenvalue weighted by Gasteiger charge is 2.46. The van der Waals surface area contributed by atoms with Crippen molar-refractivity contribution in [2.24, 2.45) is 7.05 Å². The Hall–Kier alpha value is -4.67. The van der Waals surface area contributed by atoms with E-state index in [1.807, 2.05) is 30.3 Å². The minimum atomic E-state index is -2.82. The van der Waals surface area contributed by atoms with Crippen molar-refractivity contribution in [1.82, 2.24) is 29.6 Å². The minimum absolute atomic E-state index is 0.345. The number of anilines is 2. The van der Waals surface area contributed by atoms with Gasteiger partial charge in [-0.2, -0.15) is 9.49 Å². The van der Waals surface area contributed by atoms with E-state index in [1.165, 1.54) is 6.20 Å². The molecule has 0 unspecified atom stereocenters. The molecule has 4 heterocycles. The molecule has 0 atom stereocenters. The largest absolute Gasteiger partial charge is 0.340 e. The molecule has 37 heavy (non-hydrogen) atoms. The zero-order valence-corrected chi connectivity index (χ0v) is 19.5. The van der Waals surface area contributed by atoms with Crippen LogP contribution in [0.15, 0.2) is 67.0 Å². The van der Waals surface area contributed by atoms with Gasteiger partial charge in [0.15, 0.2) is 5.82 Å². The van der Waals surface area contributed by atoms with E-state index < -0.39 is 30.9 Å². The topological polar surface area (TPSA) is 91.7 Å². The van der Waals surface area contributed by atoms with Gasteiger partial charge in [0.2, 0.25) is 5.95 Å². The summed E-state index contributed by atoms with van der Waals surface area (Å²) in [7, 11) is 1.73. The van der Waals surface area contributed by atoms with Crippen LogP contribution in [0, 0.1) is 5.95 Å². The molecule has 1 fully saturated rings. The predicted octanol–water partition coefficient (Wildman–Crippen LogP) is 5.00. The van der Waals surface area contributed by atoms with Crippen molar-refractivity contribution in [2.75, 3.05) is 18.4 Å². The Balaban J connectivity index is 1.23. The van der Waals surface area contributed by atoms with Crippen molar-refractivity contribution in [3.63, 3.8) is 0 Å². The highest BCUT2D eigenvalue weighted by molar-refractivity contribution is 6.00. The first kappa shape index (κ1) is 22.8. The summed E-state index contributed by atoms with van der Waals surface area (Å²) in [6.07, 6.45) is 3.06. The van der Waals surface area contributed by atoms with Crippen LogP contribution in [0.25, 0.3) is 33.4 Å². The van der Waals surface area contributed by atoms with Gasteiger partial charge in [-0.25, -0.2) is 18.7 Å². The van der Waals surface area contributed by atoms with Crippen molar-refractivity contribution >= 4 is 28.3 Å². The molecule has 1 amide bonds.